The summed E-state index contributed by atoms with van der Waals surface area (Å²) in [4.78, 5) is 26.3. The van der Waals surface area contributed by atoms with Gasteiger partial charge in [0, 0.05) is 12.1 Å². The molecular formula is C21H28N2O3. The van der Waals surface area contributed by atoms with E-state index in [1.54, 1.807) is 0 Å². The molecule has 5 heteroatoms. The van der Waals surface area contributed by atoms with Crippen molar-refractivity contribution >= 4 is 12.0 Å². The summed E-state index contributed by atoms with van der Waals surface area (Å²) in [6.45, 7) is 0. The number of hydrogen-bond donors (Lipinski definition) is 2. The molecule has 1 aromatic carbocycles. The second kappa shape index (κ2) is 7.29. The molecule has 140 valence electrons. The minimum atomic E-state index is -0.701. The fourth-order valence-corrected chi connectivity index (χ4v) is 4.67. The highest BCUT2D eigenvalue weighted by Crippen LogP contribution is 2.41. The number of carbonyl (C=O) groups excluding carboxylic acids is 1. The quantitative estimate of drug-likeness (QED) is 0.860. The number of nitrogens with zero attached hydrogens (tertiary/aromatic N) is 1. The molecular weight excluding hydrogens is 328 g/mol. The number of carboxylic acids is 1. The lowest BCUT2D eigenvalue weighted by Crippen LogP contribution is -2.49. The Morgan fingerprint density at radius 3 is 2.42 bits per heavy atom. The van der Waals surface area contributed by atoms with Gasteiger partial charge >= 0.3 is 12.0 Å². The summed E-state index contributed by atoms with van der Waals surface area (Å²) >= 11 is 0. The van der Waals surface area contributed by atoms with Crippen molar-refractivity contribution in [2.45, 2.75) is 75.9 Å². The van der Waals surface area contributed by atoms with Crippen LogP contribution in [0.15, 0.2) is 24.3 Å². The predicted molar refractivity (Wildman–Crippen MR) is 98.9 cm³/mol. The van der Waals surface area contributed by atoms with Crippen LogP contribution in [0.3, 0.4) is 0 Å². The summed E-state index contributed by atoms with van der Waals surface area (Å²) in [5.74, 6) is -0.943. The first-order valence-corrected chi connectivity index (χ1v) is 10.0. The molecule has 4 rings (SSSR count). The molecule has 5 nitrogen and oxygen atoms in total. The Morgan fingerprint density at radius 1 is 1.00 bits per heavy atom. The van der Waals surface area contributed by atoms with E-state index in [1.807, 2.05) is 0 Å². The fourth-order valence-electron chi connectivity index (χ4n) is 4.67. The molecule has 0 bridgehead atoms. The summed E-state index contributed by atoms with van der Waals surface area (Å²) in [7, 11) is 0. The number of aliphatic carboxylic acids is 1. The summed E-state index contributed by atoms with van der Waals surface area (Å²) in [6.07, 6.45) is 8.31. The maximum Gasteiger partial charge on any atom is 0.318 e. The van der Waals surface area contributed by atoms with Crippen LogP contribution in [0.25, 0.3) is 0 Å². The first-order chi connectivity index (χ1) is 12.6. The fraction of sp³-hybridized carbons (Fsp3) is 0.619. The zero-order chi connectivity index (χ0) is 18.1. The van der Waals surface area contributed by atoms with Gasteiger partial charge in [-0.05, 0) is 68.9 Å². The minimum Gasteiger partial charge on any atom is -0.481 e. The van der Waals surface area contributed by atoms with Crippen molar-refractivity contribution < 1.29 is 14.7 Å². The molecule has 2 amide bonds. The van der Waals surface area contributed by atoms with E-state index >= 15 is 0 Å². The van der Waals surface area contributed by atoms with Crippen LogP contribution in [-0.4, -0.2) is 34.1 Å². The molecule has 3 aliphatic carbocycles. The van der Waals surface area contributed by atoms with Crippen molar-refractivity contribution in [3.8, 4) is 0 Å². The van der Waals surface area contributed by atoms with Gasteiger partial charge in [-0.25, -0.2) is 4.79 Å². The molecule has 0 heterocycles. The third-order valence-electron chi connectivity index (χ3n) is 6.25. The maximum atomic E-state index is 13.1. The highest BCUT2D eigenvalue weighted by Gasteiger charge is 2.40. The third kappa shape index (κ3) is 3.57. The van der Waals surface area contributed by atoms with Crippen LogP contribution in [0.2, 0.25) is 0 Å². The molecule has 26 heavy (non-hydrogen) atoms. The van der Waals surface area contributed by atoms with Crippen molar-refractivity contribution in [3.05, 3.63) is 35.4 Å². The van der Waals surface area contributed by atoms with Crippen LogP contribution in [0.1, 0.15) is 68.5 Å². The van der Waals surface area contributed by atoms with Crippen molar-refractivity contribution in [3.63, 3.8) is 0 Å². The van der Waals surface area contributed by atoms with Gasteiger partial charge < -0.3 is 15.3 Å². The van der Waals surface area contributed by atoms with Crippen LogP contribution in [0.5, 0.6) is 0 Å². The summed E-state index contributed by atoms with van der Waals surface area (Å²) in [5, 5.41) is 12.4. The number of benzene rings is 1. The van der Waals surface area contributed by atoms with E-state index in [9.17, 15) is 9.59 Å². The van der Waals surface area contributed by atoms with E-state index in [0.29, 0.717) is 18.9 Å². The van der Waals surface area contributed by atoms with Crippen molar-refractivity contribution in [2.24, 2.45) is 5.92 Å². The molecule has 0 saturated heterocycles. The molecule has 1 aromatic rings. The zero-order valence-corrected chi connectivity index (χ0v) is 15.2. The lowest BCUT2D eigenvalue weighted by molar-refractivity contribution is -0.142. The van der Waals surface area contributed by atoms with Gasteiger partial charge in [0.05, 0.1) is 12.0 Å². The average molecular weight is 356 g/mol. The Kier molecular flexibility index (Phi) is 4.88. The van der Waals surface area contributed by atoms with Gasteiger partial charge in [0.25, 0.3) is 0 Å². The van der Waals surface area contributed by atoms with Crippen LogP contribution in [0, 0.1) is 5.92 Å². The molecule has 3 aliphatic rings. The number of carbonyl (C=O) groups is 2. The lowest BCUT2D eigenvalue weighted by atomic mass is 9.86. The topological polar surface area (TPSA) is 69.6 Å². The maximum absolute atomic E-state index is 13.1. The van der Waals surface area contributed by atoms with E-state index in [1.165, 1.54) is 11.1 Å². The monoisotopic (exact) mass is 356 g/mol. The molecule has 0 aromatic heterocycles. The summed E-state index contributed by atoms with van der Waals surface area (Å²) < 4.78 is 0. The normalized spacial score (nSPS) is 28.1. The molecule has 2 fully saturated rings. The van der Waals surface area contributed by atoms with Crippen molar-refractivity contribution in [2.75, 3.05) is 0 Å². The van der Waals surface area contributed by atoms with E-state index in [4.69, 9.17) is 5.11 Å². The molecule has 2 saturated carbocycles. The Bertz CT molecular complexity index is 678. The van der Waals surface area contributed by atoms with E-state index in [0.717, 1.165) is 44.9 Å². The standard InChI is InChI=1S/C21H28N2O3/c24-20(25)15-8-10-16(11-9-15)22-21(26)23(17-12-13-17)19-7-3-5-14-4-1-2-6-18(14)19/h1-2,4,6,15-17,19H,3,5,7-13H2,(H,22,26)(H,24,25). The van der Waals surface area contributed by atoms with Gasteiger partial charge in [0.1, 0.15) is 0 Å². The van der Waals surface area contributed by atoms with Gasteiger partial charge in [-0.1, -0.05) is 24.3 Å². The second-order valence-corrected chi connectivity index (χ2v) is 8.08. The number of nitrogens with one attached hydrogen (secondary N) is 1. The van der Waals surface area contributed by atoms with E-state index in [2.05, 4.69) is 34.5 Å². The first-order valence-electron chi connectivity index (χ1n) is 10.0. The van der Waals surface area contributed by atoms with Gasteiger partial charge in [0.15, 0.2) is 0 Å². The smallest absolute Gasteiger partial charge is 0.318 e. The van der Waals surface area contributed by atoms with E-state index < -0.39 is 5.97 Å². The second-order valence-electron chi connectivity index (χ2n) is 8.08. The molecule has 0 aliphatic heterocycles. The van der Waals surface area contributed by atoms with Crippen molar-refractivity contribution in [1.82, 2.24) is 10.2 Å². The number of fused-ring (bicyclic) bond motifs is 1. The Morgan fingerprint density at radius 2 is 1.73 bits per heavy atom. The third-order valence-corrected chi connectivity index (χ3v) is 6.25. The van der Waals surface area contributed by atoms with Gasteiger partial charge in [0.2, 0.25) is 0 Å². The summed E-state index contributed by atoms with van der Waals surface area (Å²) in [5.41, 5.74) is 2.69. The number of rotatable bonds is 4. The predicted octanol–water partition coefficient (Wildman–Crippen LogP) is 3.88. The molecule has 1 unspecified atom stereocenters. The van der Waals surface area contributed by atoms with Crippen LogP contribution < -0.4 is 5.32 Å². The number of amides is 2. The molecule has 2 N–H and O–H groups in total. The van der Waals surface area contributed by atoms with Crippen LogP contribution in [-0.2, 0) is 11.2 Å². The van der Waals surface area contributed by atoms with Crippen LogP contribution in [0.4, 0.5) is 4.79 Å². The molecule has 0 radical (unpaired) electrons. The lowest BCUT2D eigenvalue weighted by Gasteiger charge is -2.38. The van der Waals surface area contributed by atoms with Gasteiger partial charge in [-0.2, -0.15) is 0 Å². The molecule has 1 atom stereocenters. The highest BCUT2D eigenvalue weighted by atomic mass is 16.4. The Labute approximate surface area is 154 Å². The first kappa shape index (κ1) is 17.4. The van der Waals surface area contributed by atoms with Gasteiger partial charge in [-0.15, -0.1) is 0 Å². The highest BCUT2D eigenvalue weighted by molar-refractivity contribution is 5.76. The average Bonchev–Trinajstić information content (AvgIpc) is 3.47. The number of urea groups is 1. The Hall–Kier alpha value is -2.04. The number of aryl methyl sites for hydroxylation is 1. The SMILES string of the molecule is O=C(O)C1CCC(NC(=O)N(C2CC2)C2CCCc3ccccc32)CC1. The van der Waals surface area contributed by atoms with E-state index in [-0.39, 0.29) is 24.0 Å². The largest absolute Gasteiger partial charge is 0.481 e. The zero-order valence-electron chi connectivity index (χ0n) is 15.2. The molecule has 0 spiro atoms. The van der Waals surface area contributed by atoms with Gasteiger partial charge in [-0.3, -0.25) is 4.79 Å². The number of carboxylic acid groups (broad SMARTS) is 1. The van der Waals surface area contributed by atoms with Crippen molar-refractivity contribution in [1.29, 1.82) is 0 Å². The summed E-state index contributed by atoms with van der Waals surface area (Å²) in [6, 6.07) is 9.24. The minimum absolute atomic E-state index is 0.0491. The number of hydrogen-bond acceptors (Lipinski definition) is 2. The Balaban J connectivity index is 1.45. The van der Waals surface area contributed by atoms with Crippen LogP contribution >= 0.6 is 0 Å².